The summed E-state index contributed by atoms with van der Waals surface area (Å²) in [7, 11) is -3.72. The standard InChI is InChI=1S/C19H20N4O6S/c1-11-17(12(2)29-22-11)30(24,25)23-7-3-4-14(9-23)19-21-20-18(28-19)13-5-6-15-16(8-13)27-10-26-15/h5-6,8,14H,3-4,7,9-10H2,1-2H3/t14-/m1/s1. The van der Waals surface area contributed by atoms with Crippen LogP contribution in [0.4, 0.5) is 0 Å². The van der Waals surface area contributed by atoms with Gasteiger partial charge in [-0.3, -0.25) is 0 Å². The van der Waals surface area contributed by atoms with E-state index in [1.165, 1.54) is 4.31 Å². The van der Waals surface area contributed by atoms with Gasteiger partial charge in [0.2, 0.25) is 28.6 Å². The fraction of sp³-hybridized carbons (Fsp3) is 0.421. The highest BCUT2D eigenvalue weighted by Crippen LogP contribution is 2.37. The van der Waals surface area contributed by atoms with Crippen LogP contribution in [0.5, 0.6) is 11.5 Å². The Hall–Kier alpha value is -2.92. The third-order valence-electron chi connectivity index (χ3n) is 5.36. The Bertz CT molecular complexity index is 1180. The first kappa shape index (κ1) is 19.1. The zero-order chi connectivity index (χ0) is 20.9. The fourth-order valence-electron chi connectivity index (χ4n) is 3.88. The van der Waals surface area contributed by atoms with E-state index < -0.39 is 10.0 Å². The number of nitrogens with zero attached hydrogens (tertiary/aromatic N) is 4. The largest absolute Gasteiger partial charge is 0.454 e. The van der Waals surface area contributed by atoms with Crippen LogP contribution in [0.25, 0.3) is 11.5 Å². The summed E-state index contributed by atoms with van der Waals surface area (Å²) in [6.07, 6.45) is 1.45. The molecule has 30 heavy (non-hydrogen) atoms. The van der Waals surface area contributed by atoms with E-state index in [0.717, 1.165) is 6.42 Å². The zero-order valence-corrected chi connectivity index (χ0v) is 17.3. The summed E-state index contributed by atoms with van der Waals surface area (Å²) in [6.45, 7) is 4.09. The smallest absolute Gasteiger partial charge is 0.248 e. The van der Waals surface area contributed by atoms with Gasteiger partial charge in [-0.25, -0.2) is 8.42 Å². The molecular formula is C19H20N4O6S. The van der Waals surface area contributed by atoms with E-state index >= 15 is 0 Å². The van der Waals surface area contributed by atoms with Crippen LogP contribution in [-0.2, 0) is 10.0 Å². The minimum atomic E-state index is -3.72. The second-order valence-corrected chi connectivity index (χ2v) is 9.24. The maximum atomic E-state index is 13.1. The molecule has 4 heterocycles. The van der Waals surface area contributed by atoms with Gasteiger partial charge >= 0.3 is 0 Å². The first-order chi connectivity index (χ1) is 14.4. The van der Waals surface area contributed by atoms with Gasteiger partial charge in [0.05, 0.1) is 5.92 Å². The van der Waals surface area contributed by atoms with E-state index in [0.29, 0.717) is 47.5 Å². The summed E-state index contributed by atoms with van der Waals surface area (Å²) in [5.41, 5.74) is 1.08. The van der Waals surface area contributed by atoms with Crippen molar-refractivity contribution in [2.45, 2.75) is 37.5 Å². The van der Waals surface area contributed by atoms with Crippen molar-refractivity contribution < 1.29 is 26.8 Å². The van der Waals surface area contributed by atoms with Gasteiger partial charge in [-0.05, 0) is 44.9 Å². The van der Waals surface area contributed by atoms with E-state index in [1.54, 1.807) is 26.0 Å². The summed E-state index contributed by atoms with van der Waals surface area (Å²) in [4.78, 5) is 0.134. The van der Waals surface area contributed by atoms with Crippen molar-refractivity contribution in [3.8, 4) is 23.0 Å². The predicted molar refractivity (Wildman–Crippen MR) is 103 cm³/mol. The summed E-state index contributed by atoms with van der Waals surface area (Å²) in [6, 6.07) is 5.40. The van der Waals surface area contributed by atoms with E-state index in [9.17, 15) is 8.42 Å². The van der Waals surface area contributed by atoms with Crippen LogP contribution in [0, 0.1) is 13.8 Å². The molecule has 0 saturated carbocycles. The Morgan fingerprint density at radius 3 is 2.77 bits per heavy atom. The van der Waals surface area contributed by atoms with Crippen LogP contribution in [0.1, 0.15) is 36.1 Å². The molecule has 3 aromatic rings. The quantitative estimate of drug-likeness (QED) is 0.612. The molecule has 1 aromatic carbocycles. The summed E-state index contributed by atoms with van der Waals surface area (Å²) >= 11 is 0. The van der Waals surface area contributed by atoms with E-state index in [4.69, 9.17) is 18.4 Å². The molecule has 0 radical (unpaired) electrons. The predicted octanol–water partition coefficient (Wildman–Crippen LogP) is 2.64. The molecule has 2 aromatic heterocycles. The maximum Gasteiger partial charge on any atom is 0.248 e. The summed E-state index contributed by atoms with van der Waals surface area (Å²) in [5, 5.41) is 12.1. The molecule has 0 spiro atoms. The molecule has 11 heteroatoms. The summed E-state index contributed by atoms with van der Waals surface area (Å²) in [5.74, 6) is 2.17. The minimum Gasteiger partial charge on any atom is -0.454 e. The Kier molecular flexibility index (Phi) is 4.51. The van der Waals surface area contributed by atoms with Crippen LogP contribution in [0.3, 0.4) is 0 Å². The topological polar surface area (TPSA) is 121 Å². The second-order valence-electron chi connectivity index (χ2n) is 7.37. The van der Waals surface area contributed by atoms with Crippen LogP contribution < -0.4 is 9.47 Å². The number of sulfonamides is 1. The third kappa shape index (κ3) is 3.14. The van der Waals surface area contributed by atoms with E-state index in [1.807, 2.05) is 6.07 Å². The van der Waals surface area contributed by atoms with Gasteiger partial charge in [0.1, 0.15) is 10.6 Å². The molecule has 0 N–H and O–H groups in total. The number of hydrogen-bond acceptors (Lipinski definition) is 9. The van der Waals surface area contributed by atoms with Gasteiger partial charge in [0.25, 0.3) is 0 Å². The van der Waals surface area contributed by atoms with Crippen molar-refractivity contribution in [2.75, 3.05) is 19.9 Å². The second kappa shape index (κ2) is 7.10. The fourth-order valence-corrected chi connectivity index (χ4v) is 5.70. The van der Waals surface area contributed by atoms with Crippen molar-refractivity contribution in [2.24, 2.45) is 0 Å². The third-order valence-corrected chi connectivity index (χ3v) is 7.47. The Labute approximate surface area is 172 Å². The van der Waals surface area contributed by atoms with Crippen molar-refractivity contribution in [1.82, 2.24) is 19.7 Å². The van der Waals surface area contributed by atoms with Crippen molar-refractivity contribution in [1.29, 1.82) is 0 Å². The molecule has 2 aliphatic heterocycles. The van der Waals surface area contributed by atoms with E-state index in [-0.39, 0.29) is 29.9 Å². The molecule has 0 amide bonds. The molecule has 5 rings (SSSR count). The average molecular weight is 432 g/mol. The Balaban J connectivity index is 1.38. The molecule has 2 aliphatic rings. The highest BCUT2D eigenvalue weighted by molar-refractivity contribution is 7.89. The average Bonchev–Trinajstić information content (AvgIpc) is 3.47. The van der Waals surface area contributed by atoms with Gasteiger partial charge < -0.3 is 18.4 Å². The summed E-state index contributed by atoms with van der Waals surface area (Å²) < 4.78 is 49.4. The van der Waals surface area contributed by atoms with Crippen LogP contribution >= 0.6 is 0 Å². The molecule has 1 fully saturated rings. The lowest BCUT2D eigenvalue weighted by molar-refractivity contribution is 0.174. The molecule has 1 saturated heterocycles. The highest BCUT2D eigenvalue weighted by atomic mass is 32.2. The molecular weight excluding hydrogens is 412 g/mol. The monoisotopic (exact) mass is 432 g/mol. The number of fused-ring (bicyclic) bond motifs is 1. The van der Waals surface area contributed by atoms with Gasteiger partial charge in [0, 0.05) is 18.7 Å². The molecule has 1 atom stereocenters. The van der Waals surface area contributed by atoms with Gasteiger partial charge in [0.15, 0.2) is 17.3 Å². The highest BCUT2D eigenvalue weighted by Gasteiger charge is 2.36. The molecule has 0 bridgehead atoms. The number of benzene rings is 1. The van der Waals surface area contributed by atoms with Crippen molar-refractivity contribution >= 4 is 10.0 Å². The Morgan fingerprint density at radius 2 is 1.97 bits per heavy atom. The van der Waals surface area contributed by atoms with Crippen molar-refractivity contribution in [3.63, 3.8) is 0 Å². The van der Waals surface area contributed by atoms with Gasteiger partial charge in [-0.1, -0.05) is 5.16 Å². The lowest BCUT2D eigenvalue weighted by Crippen LogP contribution is -2.39. The first-order valence-electron chi connectivity index (χ1n) is 9.60. The lowest BCUT2D eigenvalue weighted by atomic mass is 10.00. The number of hydrogen-bond donors (Lipinski definition) is 0. The maximum absolute atomic E-state index is 13.1. The van der Waals surface area contributed by atoms with Crippen LogP contribution in [-0.4, -0.2) is 48.0 Å². The number of ether oxygens (including phenoxy) is 2. The van der Waals surface area contributed by atoms with Gasteiger partial charge in [-0.2, -0.15) is 4.31 Å². The van der Waals surface area contributed by atoms with Crippen LogP contribution in [0.15, 0.2) is 32.0 Å². The lowest BCUT2D eigenvalue weighted by Gasteiger charge is -2.30. The molecule has 10 nitrogen and oxygen atoms in total. The first-order valence-corrected chi connectivity index (χ1v) is 11.0. The molecule has 158 valence electrons. The van der Waals surface area contributed by atoms with Crippen molar-refractivity contribution in [3.05, 3.63) is 35.5 Å². The van der Waals surface area contributed by atoms with Gasteiger partial charge in [-0.15, -0.1) is 10.2 Å². The minimum absolute atomic E-state index is 0.134. The molecule has 0 unspecified atom stereocenters. The number of rotatable bonds is 4. The SMILES string of the molecule is Cc1noc(C)c1S(=O)(=O)N1CCC[C@@H](c2nnc(-c3ccc4c(c3)OCO4)o2)C1. The number of aryl methyl sites for hydroxylation is 2. The number of piperidine rings is 1. The normalized spacial score (nSPS) is 19.3. The van der Waals surface area contributed by atoms with Crippen LogP contribution in [0.2, 0.25) is 0 Å². The zero-order valence-electron chi connectivity index (χ0n) is 16.5. The Morgan fingerprint density at radius 1 is 1.13 bits per heavy atom. The number of aromatic nitrogens is 3. The van der Waals surface area contributed by atoms with E-state index in [2.05, 4.69) is 15.4 Å². The molecule has 0 aliphatic carbocycles.